The maximum absolute atomic E-state index is 15.2. The van der Waals surface area contributed by atoms with Crippen LogP contribution in [0.2, 0.25) is 10.6 Å². The molecule has 1 aromatic carbocycles. The molecule has 0 unspecified atom stereocenters. The predicted octanol–water partition coefficient (Wildman–Crippen LogP) is 5.19. The molecule has 1 N–H and O–H groups in total. The van der Waals surface area contributed by atoms with E-state index < -0.39 is 11.6 Å². The van der Waals surface area contributed by atoms with Gasteiger partial charge in [-0.1, -0.05) is 0 Å². The molecule has 3 aromatic heterocycles. The summed E-state index contributed by atoms with van der Waals surface area (Å²) in [6, 6.07) is 7.04. The van der Waals surface area contributed by atoms with Crippen LogP contribution in [0.15, 0.2) is 30.5 Å². The van der Waals surface area contributed by atoms with E-state index in [0.29, 0.717) is 22.7 Å². The van der Waals surface area contributed by atoms with Crippen LogP contribution in [-0.4, -0.2) is 82.0 Å². The largest absolute Gasteiger partial charge is 0.323 e. The van der Waals surface area contributed by atoms with Crippen molar-refractivity contribution in [3.05, 3.63) is 59.2 Å². The molecule has 1 fully saturated rings. The number of rotatable bonds is 6. The van der Waals surface area contributed by atoms with Crippen molar-refractivity contribution in [3.8, 4) is 11.3 Å². The van der Waals surface area contributed by atoms with Gasteiger partial charge in [-0.15, -0.1) is 0 Å². The van der Waals surface area contributed by atoms with Crippen molar-refractivity contribution >= 4 is 37.8 Å². The Kier molecular flexibility index (Phi) is 7.80. The third kappa shape index (κ3) is 6.00. The zero-order valence-corrected chi connectivity index (χ0v) is 25.8. The van der Waals surface area contributed by atoms with E-state index in [-0.39, 0.29) is 22.7 Å². The van der Waals surface area contributed by atoms with Gasteiger partial charge in [-0.2, -0.15) is 0 Å². The fourth-order valence-corrected chi connectivity index (χ4v) is 7.88. The number of imidazole rings is 1. The van der Waals surface area contributed by atoms with Crippen molar-refractivity contribution in [1.82, 2.24) is 34.3 Å². The number of nitrogens with one attached hydrogen (secondary N) is 1. The number of anilines is 2. The summed E-state index contributed by atoms with van der Waals surface area (Å²) in [5.41, 5.74) is 3.17. The minimum Gasteiger partial charge on any atom is -0.323 e. The van der Waals surface area contributed by atoms with Crippen LogP contribution >= 0.6 is 0 Å². The zero-order valence-electron chi connectivity index (χ0n) is 24.0. The molecule has 216 valence electrons. The van der Waals surface area contributed by atoms with Gasteiger partial charge in [0, 0.05) is 11.1 Å². The van der Waals surface area contributed by atoms with Crippen LogP contribution in [0.5, 0.6) is 0 Å². The van der Waals surface area contributed by atoms with Gasteiger partial charge in [-0.3, -0.25) is 0 Å². The van der Waals surface area contributed by atoms with Crippen LogP contribution in [-0.2, 0) is 18.5 Å². The summed E-state index contributed by atoms with van der Waals surface area (Å²) in [5, 5.41) is 5.89. The number of aromatic nitrogens is 5. The van der Waals surface area contributed by atoms with Crippen molar-refractivity contribution in [1.29, 1.82) is 0 Å². The van der Waals surface area contributed by atoms with Gasteiger partial charge < -0.3 is 4.57 Å². The van der Waals surface area contributed by atoms with Gasteiger partial charge in [0.25, 0.3) is 0 Å². The second kappa shape index (κ2) is 11.4. The third-order valence-corrected chi connectivity index (χ3v) is 9.75. The molecule has 41 heavy (non-hydrogen) atoms. The van der Waals surface area contributed by atoms with Gasteiger partial charge in [0.15, 0.2) is 11.6 Å². The first-order valence-corrected chi connectivity index (χ1v) is 16.6. The first kappa shape index (κ1) is 28.2. The summed E-state index contributed by atoms with van der Waals surface area (Å²) < 4.78 is 32.1. The van der Waals surface area contributed by atoms with E-state index in [1.807, 2.05) is 38.3 Å². The number of pyridine rings is 1. The van der Waals surface area contributed by atoms with E-state index in [9.17, 15) is 4.39 Å². The van der Waals surface area contributed by atoms with Gasteiger partial charge in [-0.25, -0.2) is 23.7 Å². The molecule has 1 saturated heterocycles. The summed E-state index contributed by atoms with van der Waals surface area (Å²) >= 11 is 0.848. The summed E-state index contributed by atoms with van der Waals surface area (Å²) in [4.78, 5) is 22.9. The van der Waals surface area contributed by atoms with E-state index in [2.05, 4.69) is 36.1 Å². The number of hydrogen-bond donors (Lipinski definition) is 1. The van der Waals surface area contributed by atoms with Gasteiger partial charge in [0.2, 0.25) is 5.95 Å². The summed E-state index contributed by atoms with van der Waals surface area (Å²) in [6.45, 7) is 14.5. The summed E-state index contributed by atoms with van der Waals surface area (Å²) in [6.07, 6.45) is 1.99. The second-order valence-electron chi connectivity index (χ2n) is 11.8. The van der Waals surface area contributed by atoms with Crippen LogP contribution in [0, 0.1) is 18.6 Å². The molecule has 5 heterocycles. The van der Waals surface area contributed by atoms with Gasteiger partial charge in [0.05, 0.1) is 11.7 Å². The molecule has 11 heteroatoms. The fraction of sp³-hybridized carbons (Fsp3) is 0.467. The molecule has 0 radical (unpaired) electrons. The number of halogens is 2. The third-order valence-electron chi connectivity index (χ3n) is 7.77. The summed E-state index contributed by atoms with van der Waals surface area (Å²) in [5.74, 6) is 0.358. The monoisotopic (exact) mass is 626 g/mol. The minimum absolute atomic E-state index is 0.0194. The average molecular weight is 626 g/mol. The quantitative estimate of drug-likeness (QED) is 0.296. The van der Waals surface area contributed by atoms with Crippen LogP contribution in [0.3, 0.4) is 0 Å². The van der Waals surface area contributed by atoms with Gasteiger partial charge in [0.1, 0.15) is 17.0 Å². The van der Waals surface area contributed by atoms with Crippen LogP contribution < -0.4 is 5.32 Å². The molecular weight excluding hydrogens is 589 g/mol. The Morgan fingerprint density at radius 2 is 1.73 bits per heavy atom. The normalized spacial score (nSPS) is 16.7. The Morgan fingerprint density at radius 3 is 2.51 bits per heavy atom. The van der Waals surface area contributed by atoms with Crippen molar-refractivity contribution in [2.24, 2.45) is 0 Å². The maximum Gasteiger partial charge on any atom is 0.167 e. The molecule has 0 spiro atoms. The Hall–Kier alpha value is -2.98. The zero-order chi connectivity index (χ0) is 28.7. The summed E-state index contributed by atoms with van der Waals surface area (Å²) in [7, 11) is 0. The van der Waals surface area contributed by atoms with E-state index in [0.717, 1.165) is 59.4 Å². The van der Waals surface area contributed by atoms with Gasteiger partial charge in [-0.05, 0) is 39.8 Å². The Morgan fingerprint density at radius 1 is 0.951 bits per heavy atom. The maximum atomic E-state index is 15.2. The van der Waals surface area contributed by atoms with E-state index >= 15 is 4.39 Å². The molecule has 2 aliphatic heterocycles. The fourth-order valence-electron chi connectivity index (χ4n) is 5.82. The van der Waals surface area contributed by atoms with Crippen LogP contribution in [0.4, 0.5) is 20.5 Å². The number of aryl methyl sites for hydroxylation is 1. The van der Waals surface area contributed by atoms with Crippen molar-refractivity contribution in [2.45, 2.75) is 56.8 Å². The molecule has 6 rings (SSSR count). The Bertz CT molecular complexity index is 1580. The molecule has 8 nitrogen and oxygen atoms in total. The minimum atomic E-state index is -0.628. The number of fused-ring (bicyclic) bond motifs is 2. The standard InChI is InChI=1S/C30H36F2N8Se/c1-19-34-28-22(31)15-21(16-25(28)40(19)30(2,3)4)27-23(32)17-33-29(37-27)36-26-6-5-20-18-39(8-7-24(20)35-26)10-9-38-11-13-41-14-12-38/h5-6,15-17H,7-14,18H2,1-4H3,(H,33,35,36,37). The van der Waals surface area contributed by atoms with Crippen molar-refractivity contribution < 1.29 is 8.78 Å². The van der Waals surface area contributed by atoms with Crippen LogP contribution in [0.25, 0.3) is 22.3 Å². The van der Waals surface area contributed by atoms with E-state index in [4.69, 9.17) is 4.98 Å². The molecular formula is C30H36F2N8Se. The Balaban J connectivity index is 1.20. The number of benzene rings is 1. The Labute approximate surface area is 245 Å². The van der Waals surface area contributed by atoms with Crippen molar-refractivity contribution in [3.63, 3.8) is 0 Å². The number of nitrogens with zero attached hydrogens (tertiary/aromatic N) is 7. The topological polar surface area (TPSA) is 75.0 Å². The van der Waals surface area contributed by atoms with E-state index in [1.165, 1.54) is 35.4 Å². The van der Waals surface area contributed by atoms with E-state index in [1.54, 1.807) is 6.07 Å². The number of hydrogen-bond acceptors (Lipinski definition) is 7. The molecule has 0 atom stereocenters. The average Bonchev–Trinajstić information content (AvgIpc) is 3.30. The molecule has 4 aromatic rings. The first-order chi connectivity index (χ1) is 19.7. The van der Waals surface area contributed by atoms with Crippen molar-refractivity contribution in [2.75, 3.05) is 38.0 Å². The second-order valence-corrected chi connectivity index (χ2v) is 14.4. The molecule has 2 aliphatic rings. The molecule has 0 saturated carbocycles. The predicted molar refractivity (Wildman–Crippen MR) is 159 cm³/mol. The molecule has 0 aliphatic carbocycles. The van der Waals surface area contributed by atoms with Crippen LogP contribution in [0.1, 0.15) is 37.9 Å². The first-order valence-electron chi connectivity index (χ1n) is 14.2. The molecule has 0 amide bonds. The smallest absolute Gasteiger partial charge is 0.167 e. The molecule has 0 bridgehead atoms. The van der Waals surface area contributed by atoms with Gasteiger partial charge >= 0.3 is 121 Å². The SMILES string of the molecule is Cc1nc2c(F)cc(-c3nc(Nc4ccc5c(n4)CCN(CCN4CC[Se]CC4)C5)ncc3F)cc2n1C(C)(C)C.